The standard InChI is InChI=1S/C23H34N3O10P/c1-11(2)8-16(26-37(33,34)36-23-20(29)19(28)18(27)12(3)35-23)21(30)25-17(22(31)32)9-13-10-24-15-7-5-4-6-14(13)15/h4-7,10-12,16-20,23-24,27-29H,8-9H2,1-3H3,(H,25,30)(H,31,32)(H2,26,33,34)/t12-,16+,17+,18-,19+,20+,23+/m1/s1. The van der Waals surface area contributed by atoms with Crippen molar-refractivity contribution < 1.29 is 48.7 Å². The van der Waals surface area contributed by atoms with Gasteiger partial charge in [0, 0.05) is 23.5 Å². The Bertz CT molecular complexity index is 1140. The van der Waals surface area contributed by atoms with Crippen molar-refractivity contribution in [1.82, 2.24) is 15.4 Å². The molecule has 1 amide bonds. The molecule has 1 fully saturated rings. The summed E-state index contributed by atoms with van der Waals surface area (Å²) in [5, 5.41) is 45.0. The molecule has 0 radical (unpaired) electrons. The molecule has 206 valence electrons. The average Bonchev–Trinajstić information content (AvgIpc) is 3.22. The Kier molecular flexibility index (Phi) is 9.48. The minimum atomic E-state index is -4.83. The van der Waals surface area contributed by atoms with Crippen LogP contribution in [0.2, 0.25) is 0 Å². The molecule has 0 spiro atoms. The number of benzene rings is 1. The van der Waals surface area contributed by atoms with Gasteiger partial charge in [-0.3, -0.25) is 9.32 Å². The van der Waals surface area contributed by atoms with Gasteiger partial charge < -0.3 is 40.4 Å². The van der Waals surface area contributed by atoms with Gasteiger partial charge in [-0.15, -0.1) is 0 Å². The average molecular weight is 544 g/mol. The number of fused-ring (bicyclic) bond motifs is 1. The number of para-hydroxylation sites is 1. The van der Waals surface area contributed by atoms with Crippen molar-refractivity contribution in [1.29, 1.82) is 0 Å². The summed E-state index contributed by atoms with van der Waals surface area (Å²) < 4.78 is 23.0. The van der Waals surface area contributed by atoms with Gasteiger partial charge >= 0.3 is 13.7 Å². The van der Waals surface area contributed by atoms with Crippen molar-refractivity contribution in [3.8, 4) is 0 Å². The van der Waals surface area contributed by atoms with Crippen LogP contribution in [0.1, 0.15) is 32.8 Å². The minimum absolute atomic E-state index is 0.0347. The van der Waals surface area contributed by atoms with Crippen molar-refractivity contribution in [3.63, 3.8) is 0 Å². The summed E-state index contributed by atoms with van der Waals surface area (Å²) in [4.78, 5) is 38.5. The topological polar surface area (TPSA) is 211 Å². The van der Waals surface area contributed by atoms with Crippen LogP contribution in [-0.4, -0.2) is 85.0 Å². The number of aliphatic carboxylic acids is 1. The van der Waals surface area contributed by atoms with Gasteiger partial charge in [-0.05, 0) is 30.9 Å². The normalized spacial score (nSPS) is 27.5. The van der Waals surface area contributed by atoms with E-state index in [0.717, 1.165) is 10.9 Å². The van der Waals surface area contributed by atoms with E-state index in [4.69, 9.17) is 9.26 Å². The van der Waals surface area contributed by atoms with Crippen molar-refractivity contribution in [2.24, 2.45) is 5.92 Å². The maximum absolute atomic E-state index is 13.1. The maximum Gasteiger partial charge on any atom is 0.406 e. The molecule has 0 saturated carbocycles. The summed E-state index contributed by atoms with van der Waals surface area (Å²) in [7, 11) is -4.83. The number of H-pyrrole nitrogens is 1. The zero-order valence-electron chi connectivity index (χ0n) is 20.6. The van der Waals surface area contributed by atoms with Gasteiger partial charge in [-0.1, -0.05) is 32.0 Å². The predicted molar refractivity (Wildman–Crippen MR) is 131 cm³/mol. The quantitative estimate of drug-likeness (QED) is 0.180. The van der Waals surface area contributed by atoms with Crippen LogP contribution in [0.3, 0.4) is 0 Å². The van der Waals surface area contributed by atoms with E-state index >= 15 is 0 Å². The molecule has 2 heterocycles. The van der Waals surface area contributed by atoms with Gasteiger partial charge in [0.05, 0.1) is 12.1 Å². The summed E-state index contributed by atoms with van der Waals surface area (Å²) in [6, 6.07) is 4.63. The van der Waals surface area contributed by atoms with E-state index in [-0.39, 0.29) is 18.8 Å². The Morgan fingerprint density at radius 1 is 1.14 bits per heavy atom. The number of aromatic amines is 1. The first kappa shape index (κ1) is 29.2. The molecule has 1 saturated heterocycles. The molecule has 14 heteroatoms. The van der Waals surface area contributed by atoms with Crippen molar-refractivity contribution in [3.05, 3.63) is 36.0 Å². The highest BCUT2D eigenvalue weighted by Crippen LogP contribution is 2.42. The van der Waals surface area contributed by atoms with E-state index in [0.29, 0.717) is 5.56 Å². The number of amides is 1. The van der Waals surface area contributed by atoms with Crippen LogP contribution in [0.4, 0.5) is 0 Å². The highest BCUT2D eigenvalue weighted by molar-refractivity contribution is 7.50. The lowest BCUT2D eigenvalue weighted by atomic mass is 10.0. The highest BCUT2D eigenvalue weighted by atomic mass is 31.2. The third-order valence-electron chi connectivity index (χ3n) is 6.11. The molecule has 1 aliphatic rings. The van der Waals surface area contributed by atoms with Crippen LogP contribution in [-0.2, 0) is 29.8 Å². The Morgan fingerprint density at radius 2 is 1.81 bits per heavy atom. The number of nitrogens with one attached hydrogen (secondary N) is 3. The van der Waals surface area contributed by atoms with Gasteiger partial charge in [0.15, 0.2) is 6.29 Å². The fraction of sp³-hybridized carbons (Fsp3) is 0.565. The molecule has 0 bridgehead atoms. The summed E-state index contributed by atoms with van der Waals surface area (Å²) in [6.45, 7) is 4.90. The lowest BCUT2D eigenvalue weighted by Gasteiger charge is -2.39. The molecule has 1 unspecified atom stereocenters. The summed E-state index contributed by atoms with van der Waals surface area (Å²) in [5.41, 5.74) is 1.48. The third-order valence-corrected chi connectivity index (χ3v) is 7.24. The predicted octanol–water partition coefficient (Wildman–Crippen LogP) is 0.229. The van der Waals surface area contributed by atoms with Crippen LogP contribution >= 0.6 is 7.75 Å². The summed E-state index contributed by atoms with van der Waals surface area (Å²) in [5.74, 6) is -2.27. The maximum atomic E-state index is 13.1. The number of carboxylic acids is 1. The zero-order chi connectivity index (χ0) is 27.5. The van der Waals surface area contributed by atoms with E-state index < -0.39 is 62.4 Å². The number of aromatic nitrogens is 1. The van der Waals surface area contributed by atoms with Gasteiger partial charge in [-0.25, -0.2) is 14.4 Å². The van der Waals surface area contributed by atoms with Gasteiger partial charge in [0.25, 0.3) is 0 Å². The third kappa shape index (κ3) is 7.37. The lowest BCUT2D eigenvalue weighted by Crippen LogP contribution is -2.57. The molecule has 8 N–H and O–H groups in total. The molecule has 13 nitrogen and oxygen atoms in total. The minimum Gasteiger partial charge on any atom is -0.480 e. The summed E-state index contributed by atoms with van der Waals surface area (Å²) >= 11 is 0. The highest BCUT2D eigenvalue weighted by Gasteiger charge is 2.45. The largest absolute Gasteiger partial charge is 0.480 e. The number of hydrogen-bond acceptors (Lipinski definition) is 8. The van der Waals surface area contributed by atoms with Gasteiger partial charge in [0.1, 0.15) is 24.4 Å². The Morgan fingerprint density at radius 3 is 2.46 bits per heavy atom. The number of carbonyl (C=O) groups excluding carboxylic acids is 1. The second kappa shape index (κ2) is 12.0. The van der Waals surface area contributed by atoms with Crippen LogP contribution < -0.4 is 10.4 Å². The molecule has 2 aromatic rings. The molecule has 3 rings (SSSR count). The Labute approximate surface area is 213 Å². The van der Waals surface area contributed by atoms with E-state index in [1.54, 1.807) is 20.0 Å². The van der Waals surface area contributed by atoms with E-state index in [1.807, 2.05) is 24.3 Å². The van der Waals surface area contributed by atoms with Gasteiger partial charge in [-0.2, -0.15) is 0 Å². The molecule has 1 aromatic carbocycles. The molecule has 8 atom stereocenters. The van der Waals surface area contributed by atoms with E-state index in [1.165, 1.54) is 6.92 Å². The van der Waals surface area contributed by atoms with Crippen LogP contribution in [0.25, 0.3) is 10.9 Å². The molecular weight excluding hydrogens is 509 g/mol. The Hall–Kier alpha value is -2.35. The first-order chi connectivity index (χ1) is 17.3. The van der Waals surface area contributed by atoms with Crippen LogP contribution in [0.5, 0.6) is 0 Å². The SMILES string of the molecule is CC(C)C[C@H](NP(=O)(O)O[C@@H]1O[C@H](C)[C@@H](O)[C@H](O)[C@@H]1O)C(=O)N[C@@H](Cc1c[nH]c2ccccc12)C(=O)O. The number of hydrogen-bond donors (Lipinski definition) is 8. The molecule has 0 aliphatic carbocycles. The first-order valence-electron chi connectivity index (χ1n) is 11.9. The first-order valence-corrected chi connectivity index (χ1v) is 13.4. The smallest absolute Gasteiger partial charge is 0.406 e. The zero-order valence-corrected chi connectivity index (χ0v) is 21.5. The van der Waals surface area contributed by atoms with Crippen LogP contribution in [0, 0.1) is 5.92 Å². The number of carbonyl (C=O) groups is 2. The van der Waals surface area contributed by atoms with Gasteiger partial charge in [0.2, 0.25) is 5.91 Å². The fourth-order valence-electron chi connectivity index (χ4n) is 4.15. The second-order valence-corrected chi connectivity index (χ2v) is 11.1. The number of ether oxygens (including phenoxy) is 1. The van der Waals surface area contributed by atoms with E-state index in [2.05, 4.69) is 15.4 Å². The monoisotopic (exact) mass is 543 g/mol. The molecule has 37 heavy (non-hydrogen) atoms. The number of aliphatic hydroxyl groups is 3. The second-order valence-electron chi connectivity index (χ2n) is 9.58. The number of rotatable bonds is 11. The molecule has 1 aromatic heterocycles. The summed E-state index contributed by atoms with van der Waals surface area (Å²) in [6.07, 6.45) is -6.08. The van der Waals surface area contributed by atoms with Crippen LogP contribution in [0.15, 0.2) is 30.5 Å². The van der Waals surface area contributed by atoms with Crippen molar-refractivity contribution >= 4 is 30.5 Å². The van der Waals surface area contributed by atoms with E-state index in [9.17, 15) is 39.5 Å². The lowest BCUT2D eigenvalue weighted by molar-refractivity contribution is -0.270. The Balaban J connectivity index is 1.72. The van der Waals surface area contributed by atoms with Crippen molar-refractivity contribution in [2.45, 2.75) is 76.4 Å². The fourth-order valence-corrected chi connectivity index (χ4v) is 5.28. The molecular formula is C23H34N3O10P. The number of aliphatic hydroxyl groups excluding tert-OH is 3. The molecule has 1 aliphatic heterocycles. The van der Waals surface area contributed by atoms with Crippen molar-refractivity contribution in [2.75, 3.05) is 0 Å². The number of carboxylic acid groups (broad SMARTS) is 1.